The fraction of sp³-hybridized carbons (Fsp3) is 0.500. The van der Waals surface area contributed by atoms with Crippen LogP contribution in [-0.4, -0.2) is 52.3 Å². The van der Waals surface area contributed by atoms with Gasteiger partial charge in [-0.15, -0.1) is 0 Å². The number of likely N-dealkylation sites (N-methyl/N-ethyl adjacent to an activating group) is 1. The molecule has 2 rings (SSSR count). The second-order valence-electron chi connectivity index (χ2n) is 9.31. The van der Waals surface area contributed by atoms with Gasteiger partial charge in [0.15, 0.2) is 0 Å². The molecule has 0 unspecified atom stereocenters. The van der Waals surface area contributed by atoms with E-state index < -0.39 is 12.1 Å². The van der Waals surface area contributed by atoms with Crippen LogP contribution in [-0.2, 0) is 17.6 Å². The van der Waals surface area contributed by atoms with E-state index in [2.05, 4.69) is 19.2 Å². The standard InChI is InChI=1S/C26H36F2N2O3S/c1-26(2,13-7-10-20-9-4-5-11-24(20)28)29-17-22(31)18-30(3)34-23-15-19(14-21(27)16-23)8-6-12-25(32)33/h4-5,9,11,14-16,22,29,31H,6-8,10,12-13,17-18H2,1-3H3,(H,32,33)/t22-/m1/s1. The van der Waals surface area contributed by atoms with Crippen LogP contribution in [0.3, 0.4) is 0 Å². The maximum atomic E-state index is 14.0. The maximum Gasteiger partial charge on any atom is 0.303 e. The molecule has 34 heavy (non-hydrogen) atoms. The number of benzene rings is 2. The third-order valence-corrected chi connectivity index (χ3v) is 6.45. The third kappa shape index (κ3) is 11.0. The predicted octanol–water partition coefficient (Wildman–Crippen LogP) is 5.06. The first-order chi connectivity index (χ1) is 16.0. The molecule has 2 aromatic rings. The van der Waals surface area contributed by atoms with E-state index in [4.69, 9.17) is 5.11 Å². The van der Waals surface area contributed by atoms with Crippen molar-refractivity contribution in [2.24, 2.45) is 0 Å². The number of carboxylic acids is 1. The number of rotatable bonds is 15. The van der Waals surface area contributed by atoms with Gasteiger partial charge in [-0.1, -0.05) is 18.2 Å². The molecule has 0 saturated heterocycles. The Labute approximate surface area is 205 Å². The third-order valence-electron chi connectivity index (χ3n) is 5.54. The highest BCUT2D eigenvalue weighted by molar-refractivity contribution is 7.97. The molecule has 188 valence electrons. The largest absolute Gasteiger partial charge is 0.481 e. The Morgan fingerprint density at radius 1 is 1.15 bits per heavy atom. The molecule has 8 heteroatoms. The van der Waals surface area contributed by atoms with Crippen LogP contribution in [0.5, 0.6) is 0 Å². The summed E-state index contributed by atoms with van der Waals surface area (Å²) in [6.07, 6.45) is 2.74. The molecule has 0 heterocycles. The average molecular weight is 495 g/mol. The maximum absolute atomic E-state index is 14.0. The molecule has 0 fully saturated rings. The van der Waals surface area contributed by atoms with Crippen molar-refractivity contribution in [1.82, 2.24) is 9.62 Å². The molecule has 1 atom stereocenters. The highest BCUT2D eigenvalue weighted by atomic mass is 32.2. The van der Waals surface area contributed by atoms with Gasteiger partial charge in [0, 0.05) is 29.9 Å². The molecule has 3 N–H and O–H groups in total. The van der Waals surface area contributed by atoms with E-state index >= 15 is 0 Å². The lowest BCUT2D eigenvalue weighted by molar-refractivity contribution is -0.137. The molecular formula is C26H36F2N2O3S. The SMILES string of the molecule is CN(C[C@H](O)CNC(C)(C)CCCc1ccccc1F)Sc1cc(F)cc(CCCC(=O)O)c1. The summed E-state index contributed by atoms with van der Waals surface area (Å²) in [5.74, 6) is -1.39. The van der Waals surface area contributed by atoms with Crippen molar-refractivity contribution >= 4 is 17.9 Å². The number of carbonyl (C=O) groups is 1. The molecule has 0 aliphatic heterocycles. The second-order valence-corrected chi connectivity index (χ2v) is 10.6. The van der Waals surface area contributed by atoms with Crippen molar-refractivity contribution in [3.63, 3.8) is 0 Å². The molecule has 0 bridgehead atoms. The Kier molecular flexibility index (Phi) is 11.4. The van der Waals surface area contributed by atoms with Gasteiger partial charge in [-0.2, -0.15) is 0 Å². The molecule has 5 nitrogen and oxygen atoms in total. The summed E-state index contributed by atoms with van der Waals surface area (Å²) < 4.78 is 29.6. The van der Waals surface area contributed by atoms with E-state index in [-0.39, 0.29) is 23.6 Å². The number of aliphatic hydroxyl groups excluding tert-OH is 1. The molecule has 0 aliphatic rings. The van der Waals surface area contributed by atoms with Crippen molar-refractivity contribution in [2.75, 3.05) is 20.1 Å². The molecule has 2 aromatic carbocycles. The van der Waals surface area contributed by atoms with Gasteiger partial charge in [-0.25, -0.2) is 13.1 Å². The summed E-state index contributed by atoms with van der Waals surface area (Å²) in [5, 5.41) is 22.6. The molecule has 0 radical (unpaired) electrons. The van der Waals surface area contributed by atoms with Crippen LogP contribution in [0.25, 0.3) is 0 Å². The zero-order valence-corrected chi connectivity index (χ0v) is 21.0. The lowest BCUT2D eigenvalue weighted by atomic mass is 9.95. The topological polar surface area (TPSA) is 72.8 Å². The number of carboxylic acid groups (broad SMARTS) is 1. The Bertz CT molecular complexity index is 927. The van der Waals surface area contributed by atoms with Crippen LogP contribution >= 0.6 is 11.9 Å². The van der Waals surface area contributed by atoms with Crippen molar-refractivity contribution in [2.45, 2.75) is 68.9 Å². The fourth-order valence-corrected chi connectivity index (χ4v) is 4.72. The van der Waals surface area contributed by atoms with E-state index in [1.165, 1.54) is 30.1 Å². The van der Waals surface area contributed by atoms with E-state index in [9.17, 15) is 18.7 Å². The van der Waals surface area contributed by atoms with E-state index in [0.29, 0.717) is 37.2 Å². The molecule has 0 spiro atoms. The van der Waals surface area contributed by atoms with E-state index in [1.807, 2.05) is 29.6 Å². The Hall–Kier alpha value is -2.00. The lowest BCUT2D eigenvalue weighted by Crippen LogP contribution is -2.45. The van der Waals surface area contributed by atoms with Crippen molar-refractivity contribution in [3.8, 4) is 0 Å². The van der Waals surface area contributed by atoms with Gasteiger partial charge >= 0.3 is 5.97 Å². The molecular weight excluding hydrogens is 458 g/mol. The van der Waals surface area contributed by atoms with Gasteiger partial charge in [0.25, 0.3) is 0 Å². The summed E-state index contributed by atoms with van der Waals surface area (Å²) in [5.41, 5.74) is 1.28. The molecule has 0 saturated carbocycles. The minimum atomic E-state index is -0.860. The predicted molar refractivity (Wildman–Crippen MR) is 133 cm³/mol. The number of hydrogen-bond donors (Lipinski definition) is 3. The van der Waals surface area contributed by atoms with Crippen LogP contribution < -0.4 is 5.32 Å². The van der Waals surface area contributed by atoms with E-state index in [1.54, 1.807) is 6.07 Å². The highest BCUT2D eigenvalue weighted by Crippen LogP contribution is 2.25. The number of nitrogens with zero attached hydrogens (tertiary/aromatic N) is 1. The number of aryl methyl sites for hydroxylation is 2. The smallest absolute Gasteiger partial charge is 0.303 e. The van der Waals surface area contributed by atoms with Gasteiger partial charge in [0.1, 0.15) is 11.6 Å². The van der Waals surface area contributed by atoms with Crippen molar-refractivity contribution in [1.29, 1.82) is 0 Å². The van der Waals surface area contributed by atoms with Crippen LogP contribution in [0.4, 0.5) is 8.78 Å². The fourth-order valence-electron chi connectivity index (χ4n) is 3.74. The van der Waals surface area contributed by atoms with E-state index in [0.717, 1.165) is 24.0 Å². The Morgan fingerprint density at radius 3 is 2.59 bits per heavy atom. The van der Waals surface area contributed by atoms with Gasteiger partial charge < -0.3 is 15.5 Å². The highest BCUT2D eigenvalue weighted by Gasteiger charge is 2.19. The number of aliphatic carboxylic acids is 1. The molecule has 0 amide bonds. The van der Waals surface area contributed by atoms with Gasteiger partial charge in [-0.05, 0) is 100 Å². The van der Waals surface area contributed by atoms with Gasteiger partial charge in [-0.3, -0.25) is 4.79 Å². The number of halogens is 2. The lowest BCUT2D eigenvalue weighted by Gasteiger charge is -2.29. The number of hydrogen-bond acceptors (Lipinski definition) is 5. The summed E-state index contributed by atoms with van der Waals surface area (Å²) in [7, 11) is 1.84. The zero-order chi connectivity index (χ0) is 25.1. The second kappa shape index (κ2) is 13.8. The normalized spacial score (nSPS) is 12.8. The quantitative estimate of drug-likeness (QED) is 0.301. The van der Waals surface area contributed by atoms with Crippen LogP contribution in [0.2, 0.25) is 0 Å². The summed E-state index contributed by atoms with van der Waals surface area (Å²) in [6, 6.07) is 11.5. The zero-order valence-electron chi connectivity index (χ0n) is 20.2. The summed E-state index contributed by atoms with van der Waals surface area (Å²) >= 11 is 1.34. The number of β-amino-alcohol motifs (C(OH)–C–C–N with tert-alkyl or cyclic N) is 1. The number of aliphatic hydroxyl groups is 1. The minimum absolute atomic E-state index is 0.0532. The molecule has 0 aliphatic carbocycles. The van der Waals surface area contributed by atoms with Crippen LogP contribution in [0, 0.1) is 11.6 Å². The minimum Gasteiger partial charge on any atom is -0.481 e. The van der Waals surface area contributed by atoms with Gasteiger partial charge in [0.2, 0.25) is 0 Å². The van der Waals surface area contributed by atoms with Gasteiger partial charge in [0.05, 0.1) is 6.10 Å². The number of nitrogens with one attached hydrogen (secondary N) is 1. The van der Waals surface area contributed by atoms with Crippen molar-refractivity contribution in [3.05, 3.63) is 65.2 Å². The summed E-state index contributed by atoms with van der Waals surface area (Å²) in [6.45, 7) is 4.92. The summed E-state index contributed by atoms with van der Waals surface area (Å²) in [4.78, 5) is 11.4. The monoisotopic (exact) mass is 494 g/mol. The van der Waals surface area contributed by atoms with Crippen molar-refractivity contribution < 1.29 is 23.8 Å². The molecule has 0 aromatic heterocycles. The van der Waals surface area contributed by atoms with Crippen LogP contribution in [0.1, 0.15) is 50.7 Å². The average Bonchev–Trinajstić information content (AvgIpc) is 2.73. The first-order valence-electron chi connectivity index (χ1n) is 11.6. The first-order valence-corrected chi connectivity index (χ1v) is 12.4. The van der Waals surface area contributed by atoms with Crippen LogP contribution in [0.15, 0.2) is 47.4 Å². The Morgan fingerprint density at radius 2 is 1.88 bits per heavy atom. The first kappa shape index (κ1) is 28.2. The Balaban J connectivity index is 1.75.